The van der Waals surface area contributed by atoms with E-state index in [1.54, 1.807) is 6.92 Å². The molecule has 0 radical (unpaired) electrons. The Balaban J connectivity index is 2.19. The van der Waals surface area contributed by atoms with Gasteiger partial charge in [-0.25, -0.2) is 0 Å². The highest BCUT2D eigenvalue weighted by molar-refractivity contribution is 9.10. The lowest BCUT2D eigenvalue weighted by atomic mass is 10.1. The fraction of sp³-hybridized carbons (Fsp3) is 0.250. The number of carboxylic acid groups (broad SMARTS) is 1. The number of aliphatic carboxylic acids is 1. The van der Waals surface area contributed by atoms with Crippen molar-refractivity contribution in [2.75, 3.05) is 0 Å². The van der Waals surface area contributed by atoms with Crippen molar-refractivity contribution in [3.63, 3.8) is 0 Å². The van der Waals surface area contributed by atoms with Gasteiger partial charge in [0.05, 0.1) is 17.9 Å². The molecule has 0 aliphatic heterocycles. The number of amides is 1. The Bertz CT molecular complexity index is 708. The first-order chi connectivity index (χ1) is 10.4. The Labute approximate surface area is 136 Å². The average molecular weight is 366 g/mol. The van der Waals surface area contributed by atoms with Crippen LogP contribution < -0.4 is 5.32 Å². The summed E-state index contributed by atoms with van der Waals surface area (Å²) < 4.78 is 6.11. The summed E-state index contributed by atoms with van der Waals surface area (Å²) in [5.41, 5.74) is 1.86. The first-order valence-corrected chi connectivity index (χ1v) is 7.53. The highest BCUT2D eigenvalue weighted by atomic mass is 79.9. The summed E-state index contributed by atoms with van der Waals surface area (Å²) in [7, 11) is 0. The molecule has 0 aliphatic carbocycles. The van der Waals surface area contributed by atoms with Crippen LogP contribution in [0.2, 0.25) is 0 Å². The molecule has 0 saturated heterocycles. The van der Waals surface area contributed by atoms with Crippen LogP contribution in [-0.4, -0.2) is 17.0 Å². The standard InChI is InChI=1S/C16H16BrNO4/c1-9-8-22-13(7-14(19)20)15(9)16(21)18-10(2)11-4-3-5-12(17)6-11/h3-6,8,10H,7H2,1-2H3,(H,18,21)(H,19,20). The molecule has 1 unspecified atom stereocenters. The topological polar surface area (TPSA) is 79.5 Å². The molecule has 1 amide bonds. The van der Waals surface area contributed by atoms with E-state index < -0.39 is 5.97 Å². The molecular weight excluding hydrogens is 350 g/mol. The molecule has 1 atom stereocenters. The summed E-state index contributed by atoms with van der Waals surface area (Å²) in [6.07, 6.45) is 1.08. The molecule has 1 heterocycles. The van der Waals surface area contributed by atoms with Gasteiger partial charge in [0.1, 0.15) is 12.2 Å². The number of rotatable bonds is 5. The maximum Gasteiger partial charge on any atom is 0.311 e. The molecule has 2 aromatic rings. The Morgan fingerprint density at radius 2 is 2.14 bits per heavy atom. The summed E-state index contributed by atoms with van der Waals surface area (Å²) in [5.74, 6) is -1.21. The van der Waals surface area contributed by atoms with E-state index >= 15 is 0 Å². The van der Waals surface area contributed by atoms with Gasteiger partial charge in [0.15, 0.2) is 0 Å². The number of furan rings is 1. The van der Waals surface area contributed by atoms with Crippen LogP contribution in [0.25, 0.3) is 0 Å². The zero-order valence-corrected chi connectivity index (χ0v) is 13.8. The second kappa shape index (κ2) is 6.79. The molecule has 6 heteroatoms. The van der Waals surface area contributed by atoms with Gasteiger partial charge in [-0.1, -0.05) is 28.1 Å². The average Bonchev–Trinajstić information content (AvgIpc) is 2.78. The van der Waals surface area contributed by atoms with Gasteiger partial charge in [-0.2, -0.15) is 0 Å². The van der Waals surface area contributed by atoms with Crippen LogP contribution in [0.3, 0.4) is 0 Å². The lowest BCUT2D eigenvalue weighted by Crippen LogP contribution is -2.28. The van der Waals surface area contributed by atoms with Crippen molar-refractivity contribution in [2.45, 2.75) is 26.3 Å². The van der Waals surface area contributed by atoms with E-state index in [9.17, 15) is 9.59 Å². The first-order valence-electron chi connectivity index (χ1n) is 6.73. The molecule has 0 aliphatic rings. The van der Waals surface area contributed by atoms with E-state index in [1.807, 2.05) is 31.2 Å². The zero-order valence-electron chi connectivity index (χ0n) is 12.2. The van der Waals surface area contributed by atoms with E-state index in [2.05, 4.69) is 21.2 Å². The van der Waals surface area contributed by atoms with Gasteiger partial charge in [0.2, 0.25) is 0 Å². The molecule has 0 bridgehead atoms. The maximum absolute atomic E-state index is 12.4. The lowest BCUT2D eigenvalue weighted by molar-refractivity contribution is -0.136. The molecule has 22 heavy (non-hydrogen) atoms. The summed E-state index contributed by atoms with van der Waals surface area (Å²) in [5, 5.41) is 11.7. The minimum absolute atomic E-state index is 0.170. The number of hydrogen-bond donors (Lipinski definition) is 2. The minimum Gasteiger partial charge on any atom is -0.481 e. The van der Waals surface area contributed by atoms with Gasteiger partial charge in [0, 0.05) is 10.0 Å². The molecule has 0 saturated carbocycles. The van der Waals surface area contributed by atoms with Crippen molar-refractivity contribution < 1.29 is 19.1 Å². The predicted molar refractivity (Wildman–Crippen MR) is 84.8 cm³/mol. The normalized spacial score (nSPS) is 12.0. The van der Waals surface area contributed by atoms with Crippen LogP contribution in [0.1, 0.15) is 40.2 Å². The van der Waals surface area contributed by atoms with E-state index in [1.165, 1.54) is 6.26 Å². The summed E-state index contributed by atoms with van der Waals surface area (Å²) in [4.78, 5) is 23.3. The van der Waals surface area contributed by atoms with Gasteiger partial charge in [-0.15, -0.1) is 0 Å². The van der Waals surface area contributed by atoms with E-state index in [0.29, 0.717) is 11.1 Å². The van der Waals surface area contributed by atoms with Crippen LogP contribution >= 0.6 is 15.9 Å². The number of carboxylic acids is 1. The largest absolute Gasteiger partial charge is 0.481 e. The van der Waals surface area contributed by atoms with Crippen molar-refractivity contribution in [3.8, 4) is 0 Å². The van der Waals surface area contributed by atoms with Crippen LogP contribution in [0.5, 0.6) is 0 Å². The Hall–Kier alpha value is -2.08. The molecular formula is C16H16BrNO4. The predicted octanol–water partition coefficient (Wildman–Crippen LogP) is 3.47. The molecule has 2 N–H and O–H groups in total. The first kappa shape index (κ1) is 16.3. The fourth-order valence-corrected chi connectivity index (χ4v) is 2.62. The van der Waals surface area contributed by atoms with Crippen LogP contribution in [0.15, 0.2) is 39.4 Å². The number of nitrogens with one attached hydrogen (secondary N) is 1. The molecule has 1 aromatic carbocycles. The van der Waals surface area contributed by atoms with Gasteiger partial charge in [-0.05, 0) is 31.5 Å². The van der Waals surface area contributed by atoms with Gasteiger partial charge < -0.3 is 14.8 Å². The van der Waals surface area contributed by atoms with Gasteiger partial charge in [0.25, 0.3) is 5.91 Å². The van der Waals surface area contributed by atoms with Crippen molar-refractivity contribution in [1.29, 1.82) is 0 Å². The Morgan fingerprint density at radius 1 is 1.41 bits per heavy atom. The molecule has 2 rings (SSSR count). The Morgan fingerprint density at radius 3 is 2.77 bits per heavy atom. The third kappa shape index (κ3) is 3.76. The SMILES string of the molecule is Cc1coc(CC(=O)O)c1C(=O)NC(C)c1cccc(Br)c1. The number of carbonyl (C=O) groups excluding carboxylic acids is 1. The summed E-state index contributed by atoms with van der Waals surface area (Å²) in [6.45, 7) is 3.58. The second-order valence-electron chi connectivity index (χ2n) is 5.04. The Kier molecular flexibility index (Phi) is 5.03. The van der Waals surface area contributed by atoms with Gasteiger partial charge >= 0.3 is 5.97 Å². The molecule has 0 fully saturated rings. The third-order valence-corrected chi connectivity index (χ3v) is 3.78. The third-order valence-electron chi connectivity index (χ3n) is 3.29. The molecule has 116 valence electrons. The summed E-state index contributed by atoms with van der Waals surface area (Å²) in [6, 6.07) is 7.42. The number of benzene rings is 1. The zero-order chi connectivity index (χ0) is 16.3. The van der Waals surface area contributed by atoms with Crippen LogP contribution in [0.4, 0.5) is 0 Å². The monoisotopic (exact) mass is 365 g/mol. The van der Waals surface area contributed by atoms with E-state index in [0.717, 1.165) is 10.0 Å². The fourth-order valence-electron chi connectivity index (χ4n) is 2.20. The highest BCUT2D eigenvalue weighted by Crippen LogP contribution is 2.21. The number of hydrogen-bond acceptors (Lipinski definition) is 3. The van der Waals surface area contributed by atoms with Crippen molar-refractivity contribution in [3.05, 3.63) is 57.5 Å². The minimum atomic E-state index is -1.04. The van der Waals surface area contributed by atoms with Crippen molar-refractivity contribution in [1.82, 2.24) is 5.32 Å². The van der Waals surface area contributed by atoms with Crippen molar-refractivity contribution >= 4 is 27.8 Å². The van der Waals surface area contributed by atoms with E-state index in [4.69, 9.17) is 9.52 Å². The number of halogens is 1. The molecule has 5 nitrogen and oxygen atoms in total. The summed E-state index contributed by atoms with van der Waals surface area (Å²) >= 11 is 3.39. The van der Waals surface area contributed by atoms with Gasteiger partial charge in [-0.3, -0.25) is 9.59 Å². The molecule has 0 spiro atoms. The van der Waals surface area contributed by atoms with Crippen molar-refractivity contribution in [2.24, 2.45) is 0 Å². The highest BCUT2D eigenvalue weighted by Gasteiger charge is 2.22. The number of carbonyl (C=O) groups is 2. The molecule has 1 aromatic heterocycles. The smallest absolute Gasteiger partial charge is 0.311 e. The second-order valence-corrected chi connectivity index (χ2v) is 5.95. The number of aryl methyl sites for hydroxylation is 1. The van der Waals surface area contributed by atoms with Crippen LogP contribution in [-0.2, 0) is 11.2 Å². The van der Waals surface area contributed by atoms with Crippen LogP contribution in [0, 0.1) is 6.92 Å². The quantitative estimate of drug-likeness (QED) is 0.849. The maximum atomic E-state index is 12.4. The van der Waals surface area contributed by atoms with E-state index in [-0.39, 0.29) is 24.1 Å². The lowest BCUT2D eigenvalue weighted by Gasteiger charge is -2.15.